The fraction of sp³-hybridized carbons (Fsp3) is 0.333. The van der Waals surface area contributed by atoms with Crippen molar-refractivity contribution in [3.05, 3.63) is 48.4 Å². The topological polar surface area (TPSA) is 54.0 Å². The fourth-order valence-corrected chi connectivity index (χ4v) is 2.86. The zero-order valence-electron chi connectivity index (χ0n) is 12.9. The maximum atomic E-state index is 13.1. The van der Waals surface area contributed by atoms with Crippen molar-refractivity contribution in [3.8, 4) is 0 Å². The Labute approximate surface area is 135 Å². The van der Waals surface area contributed by atoms with Gasteiger partial charge < -0.3 is 10.6 Å². The van der Waals surface area contributed by atoms with E-state index in [-0.39, 0.29) is 17.6 Å². The third-order valence-electron chi connectivity index (χ3n) is 4.10. The fourth-order valence-electron chi connectivity index (χ4n) is 2.86. The van der Waals surface area contributed by atoms with Gasteiger partial charge in [0.1, 0.15) is 11.6 Å². The predicted octanol–water partition coefficient (Wildman–Crippen LogP) is 4.48. The molecule has 5 heteroatoms. The molecule has 1 saturated carbocycles. The second kappa shape index (κ2) is 7.22. The maximum Gasteiger partial charge on any atom is 0.227 e. The largest absolute Gasteiger partial charge is 0.340 e. The smallest absolute Gasteiger partial charge is 0.227 e. The number of pyridine rings is 1. The summed E-state index contributed by atoms with van der Waals surface area (Å²) >= 11 is 0. The number of carbonyl (C=O) groups is 1. The molecule has 2 N–H and O–H groups in total. The number of carbonyl (C=O) groups excluding carboxylic acids is 1. The number of anilines is 3. The lowest BCUT2D eigenvalue weighted by atomic mass is 9.88. The van der Waals surface area contributed by atoms with Crippen molar-refractivity contribution in [2.75, 3.05) is 10.6 Å². The third-order valence-corrected chi connectivity index (χ3v) is 4.10. The highest BCUT2D eigenvalue weighted by Crippen LogP contribution is 2.25. The molecule has 1 aliphatic rings. The van der Waals surface area contributed by atoms with Crippen LogP contribution in [0.25, 0.3) is 0 Å². The van der Waals surface area contributed by atoms with Crippen LogP contribution in [0.5, 0.6) is 0 Å². The summed E-state index contributed by atoms with van der Waals surface area (Å²) in [4.78, 5) is 16.4. The van der Waals surface area contributed by atoms with Crippen LogP contribution in [0.2, 0.25) is 0 Å². The van der Waals surface area contributed by atoms with E-state index in [9.17, 15) is 9.18 Å². The van der Waals surface area contributed by atoms with Crippen molar-refractivity contribution in [1.82, 2.24) is 4.98 Å². The molecule has 0 atom stereocenters. The predicted molar refractivity (Wildman–Crippen MR) is 89.1 cm³/mol. The minimum Gasteiger partial charge on any atom is -0.340 e. The van der Waals surface area contributed by atoms with E-state index in [0.717, 1.165) is 25.7 Å². The molecule has 1 fully saturated rings. The number of benzene rings is 1. The molecular formula is C18H20FN3O. The first-order chi connectivity index (χ1) is 11.2. The first kappa shape index (κ1) is 15.5. The summed E-state index contributed by atoms with van der Waals surface area (Å²) in [5.41, 5.74) is 1.32. The number of aromatic nitrogens is 1. The first-order valence-electron chi connectivity index (χ1n) is 8.00. The molecule has 0 spiro atoms. The Bertz CT molecular complexity index is 666. The molecule has 3 rings (SSSR count). The van der Waals surface area contributed by atoms with E-state index in [0.29, 0.717) is 17.2 Å². The second-order valence-corrected chi connectivity index (χ2v) is 5.89. The van der Waals surface area contributed by atoms with E-state index in [1.54, 1.807) is 30.5 Å². The van der Waals surface area contributed by atoms with Gasteiger partial charge >= 0.3 is 0 Å². The number of halogens is 1. The van der Waals surface area contributed by atoms with E-state index in [1.807, 2.05) is 0 Å². The number of hydrogen-bond acceptors (Lipinski definition) is 3. The van der Waals surface area contributed by atoms with E-state index < -0.39 is 0 Å². The van der Waals surface area contributed by atoms with Gasteiger partial charge in [0, 0.05) is 11.6 Å². The van der Waals surface area contributed by atoms with Gasteiger partial charge in [-0.2, -0.15) is 0 Å². The van der Waals surface area contributed by atoms with Crippen molar-refractivity contribution < 1.29 is 9.18 Å². The molecule has 0 bridgehead atoms. The molecule has 2 aromatic rings. The summed E-state index contributed by atoms with van der Waals surface area (Å²) in [7, 11) is 0. The van der Waals surface area contributed by atoms with Crippen molar-refractivity contribution >= 4 is 23.1 Å². The molecule has 120 valence electrons. The van der Waals surface area contributed by atoms with Gasteiger partial charge in [0.2, 0.25) is 5.91 Å². The van der Waals surface area contributed by atoms with E-state index >= 15 is 0 Å². The maximum absolute atomic E-state index is 13.1. The minimum atomic E-state index is -0.300. The van der Waals surface area contributed by atoms with Crippen LogP contribution in [0.3, 0.4) is 0 Å². The highest BCUT2D eigenvalue weighted by Gasteiger charge is 2.20. The molecule has 0 radical (unpaired) electrons. The zero-order chi connectivity index (χ0) is 16.1. The molecule has 0 saturated heterocycles. The van der Waals surface area contributed by atoms with Gasteiger partial charge in [-0.15, -0.1) is 0 Å². The summed E-state index contributed by atoms with van der Waals surface area (Å²) in [5.74, 6) is 0.504. The highest BCUT2D eigenvalue weighted by molar-refractivity contribution is 5.92. The van der Waals surface area contributed by atoms with Crippen LogP contribution in [0.1, 0.15) is 32.1 Å². The summed E-state index contributed by atoms with van der Waals surface area (Å²) in [6.07, 6.45) is 7.05. The first-order valence-corrected chi connectivity index (χ1v) is 8.00. The summed E-state index contributed by atoms with van der Waals surface area (Å²) < 4.78 is 13.1. The van der Waals surface area contributed by atoms with Crippen molar-refractivity contribution in [2.24, 2.45) is 5.92 Å². The van der Waals surface area contributed by atoms with Gasteiger partial charge in [-0.3, -0.25) is 4.79 Å². The normalized spacial score (nSPS) is 15.2. The van der Waals surface area contributed by atoms with Crippen LogP contribution in [-0.4, -0.2) is 10.9 Å². The van der Waals surface area contributed by atoms with Crippen LogP contribution in [0.15, 0.2) is 42.6 Å². The van der Waals surface area contributed by atoms with Crippen molar-refractivity contribution in [1.29, 1.82) is 0 Å². The molecular weight excluding hydrogens is 293 g/mol. The molecule has 1 aromatic carbocycles. The van der Waals surface area contributed by atoms with E-state index in [1.165, 1.54) is 18.6 Å². The van der Waals surface area contributed by atoms with Crippen molar-refractivity contribution in [2.45, 2.75) is 32.1 Å². The number of amides is 1. The molecule has 1 heterocycles. The molecule has 4 nitrogen and oxygen atoms in total. The van der Waals surface area contributed by atoms with E-state index in [4.69, 9.17) is 0 Å². The van der Waals surface area contributed by atoms with Gasteiger partial charge in [-0.25, -0.2) is 9.37 Å². The van der Waals surface area contributed by atoms with Gasteiger partial charge in [0.25, 0.3) is 0 Å². The van der Waals surface area contributed by atoms with E-state index in [2.05, 4.69) is 15.6 Å². The molecule has 0 aliphatic heterocycles. The minimum absolute atomic E-state index is 0.0809. The zero-order valence-corrected chi connectivity index (χ0v) is 12.9. The average Bonchev–Trinajstić information content (AvgIpc) is 2.57. The van der Waals surface area contributed by atoms with Crippen LogP contribution in [0.4, 0.5) is 21.6 Å². The third kappa shape index (κ3) is 4.28. The molecule has 1 amide bonds. The summed E-state index contributed by atoms with van der Waals surface area (Å²) in [6, 6.07) is 9.76. The Morgan fingerprint density at radius 3 is 2.61 bits per heavy atom. The number of rotatable bonds is 4. The number of nitrogens with zero attached hydrogens (tertiary/aromatic N) is 1. The Hall–Kier alpha value is -2.43. The van der Waals surface area contributed by atoms with Crippen LogP contribution in [0, 0.1) is 11.7 Å². The Morgan fingerprint density at radius 2 is 1.91 bits per heavy atom. The Balaban J connectivity index is 1.59. The monoisotopic (exact) mass is 313 g/mol. The van der Waals surface area contributed by atoms with Gasteiger partial charge in [-0.05, 0) is 43.2 Å². The number of hydrogen-bond donors (Lipinski definition) is 2. The molecule has 1 aromatic heterocycles. The lowest BCUT2D eigenvalue weighted by Gasteiger charge is -2.20. The standard InChI is InChI=1S/C18H20FN3O/c19-14-7-4-8-15(11-14)21-17-10-9-16(12-20-17)22-18(23)13-5-2-1-3-6-13/h4,7-13H,1-3,5-6H2,(H,20,21)(H,22,23). The lowest BCUT2D eigenvalue weighted by molar-refractivity contribution is -0.120. The van der Waals surface area contributed by atoms with Crippen LogP contribution < -0.4 is 10.6 Å². The highest BCUT2D eigenvalue weighted by atomic mass is 19.1. The molecule has 23 heavy (non-hydrogen) atoms. The average molecular weight is 313 g/mol. The molecule has 1 aliphatic carbocycles. The number of nitrogens with one attached hydrogen (secondary N) is 2. The lowest BCUT2D eigenvalue weighted by Crippen LogP contribution is -2.24. The van der Waals surface area contributed by atoms with Crippen LogP contribution >= 0.6 is 0 Å². The summed E-state index contributed by atoms with van der Waals surface area (Å²) in [6.45, 7) is 0. The van der Waals surface area contributed by atoms with Crippen LogP contribution in [-0.2, 0) is 4.79 Å². The second-order valence-electron chi connectivity index (χ2n) is 5.89. The quantitative estimate of drug-likeness (QED) is 0.875. The van der Waals surface area contributed by atoms with Gasteiger partial charge in [0.05, 0.1) is 11.9 Å². The Kier molecular flexibility index (Phi) is 4.86. The Morgan fingerprint density at radius 1 is 1.09 bits per heavy atom. The van der Waals surface area contributed by atoms with Crippen molar-refractivity contribution in [3.63, 3.8) is 0 Å². The van der Waals surface area contributed by atoms with Gasteiger partial charge in [-0.1, -0.05) is 25.3 Å². The SMILES string of the molecule is O=C(Nc1ccc(Nc2cccc(F)c2)nc1)C1CCCCC1. The summed E-state index contributed by atoms with van der Waals surface area (Å²) in [5, 5.41) is 5.95. The van der Waals surface area contributed by atoms with Gasteiger partial charge in [0.15, 0.2) is 0 Å². The molecule has 0 unspecified atom stereocenters.